The van der Waals surface area contributed by atoms with Crippen LogP contribution in [-0.4, -0.2) is 0 Å². The molecule has 1 aliphatic carbocycles. The Morgan fingerprint density at radius 3 is 2.47 bits per heavy atom. The van der Waals surface area contributed by atoms with Crippen molar-refractivity contribution in [2.75, 3.05) is 0 Å². The van der Waals surface area contributed by atoms with E-state index in [0.29, 0.717) is 0 Å². The third kappa shape index (κ3) is 2.38. The molecular weight excluding hydrogens is 323 g/mol. The van der Waals surface area contributed by atoms with Gasteiger partial charge >= 0.3 is 0 Å². The van der Waals surface area contributed by atoms with E-state index in [4.69, 9.17) is 0 Å². The molecule has 0 bridgehead atoms. The van der Waals surface area contributed by atoms with Crippen molar-refractivity contribution in [3.05, 3.63) is 56.0 Å². The van der Waals surface area contributed by atoms with Gasteiger partial charge in [-0.3, -0.25) is 0 Å². The van der Waals surface area contributed by atoms with Crippen molar-refractivity contribution in [3.63, 3.8) is 0 Å². The van der Waals surface area contributed by atoms with Crippen LogP contribution in [0.3, 0.4) is 0 Å². The highest BCUT2D eigenvalue weighted by atomic mass is 79.9. The minimum absolute atomic E-state index is 0.146. The molecule has 2 aromatic rings. The SMILES string of the molecule is Cc1cc(F)cc(C)c1C(Br)c1cc2c(s1)CCC2. The van der Waals surface area contributed by atoms with Gasteiger partial charge in [0.2, 0.25) is 0 Å². The van der Waals surface area contributed by atoms with Gasteiger partial charge in [0.15, 0.2) is 0 Å². The third-order valence-corrected chi connectivity index (χ3v) is 6.38. The molecule has 3 rings (SSSR count). The van der Waals surface area contributed by atoms with Crippen molar-refractivity contribution in [1.82, 2.24) is 0 Å². The number of rotatable bonds is 2. The lowest BCUT2D eigenvalue weighted by Gasteiger charge is -2.15. The number of aryl methyl sites for hydroxylation is 4. The Morgan fingerprint density at radius 2 is 1.84 bits per heavy atom. The molecule has 1 aromatic carbocycles. The van der Waals surface area contributed by atoms with Crippen molar-refractivity contribution in [1.29, 1.82) is 0 Å². The summed E-state index contributed by atoms with van der Waals surface area (Å²) in [6.07, 6.45) is 3.73. The maximum atomic E-state index is 13.4. The van der Waals surface area contributed by atoms with Crippen LogP contribution < -0.4 is 0 Å². The fourth-order valence-corrected chi connectivity index (χ4v) is 5.32. The van der Waals surface area contributed by atoms with E-state index in [0.717, 1.165) is 11.1 Å². The van der Waals surface area contributed by atoms with Crippen LogP contribution in [0.25, 0.3) is 0 Å². The zero-order chi connectivity index (χ0) is 13.6. The van der Waals surface area contributed by atoms with E-state index in [1.165, 1.54) is 40.1 Å². The fraction of sp³-hybridized carbons (Fsp3) is 0.375. The normalized spacial score (nSPS) is 15.6. The van der Waals surface area contributed by atoms with Crippen molar-refractivity contribution in [3.8, 4) is 0 Å². The number of benzene rings is 1. The molecule has 1 aliphatic rings. The molecule has 0 spiro atoms. The lowest BCUT2D eigenvalue weighted by molar-refractivity contribution is 0.624. The molecular formula is C16H16BrFS. The topological polar surface area (TPSA) is 0 Å². The average Bonchev–Trinajstić information content (AvgIpc) is 2.86. The zero-order valence-electron chi connectivity index (χ0n) is 11.1. The van der Waals surface area contributed by atoms with Crippen molar-refractivity contribution < 1.29 is 4.39 Å². The molecule has 0 nitrogen and oxygen atoms in total. The summed E-state index contributed by atoms with van der Waals surface area (Å²) >= 11 is 5.71. The maximum Gasteiger partial charge on any atom is 0.123 e. The summed E-state index contributed by atoms with van der Waals surface area (Å²) < 4.78 is 13.4. The Bertz CT molecular complexity index is 585. The van der Waals surface area contributed by atoms with Gasteiger partial charge in [-0.15, -0.1) is 11.3 Å². The highest BCUT2D eigenvalue weighted by Gasteiger charge is 2.22. The number of alkyl halides is 1. The maximum absolute atomic E-state index is 13.4. The summed E-state index contributed by atoms with van der Waals surface area (Å²) in [5.74, 6) is -0.146. The Labute approximate surface area is 125 Å². The first-order chi connectivity index (χ1) is 9.06. The smallest absolute Gasteiger partial charge is 0.123 e. The zero-order valence-corrected chi connectivity index (χ0v) is 13.5. The quantitative estimate of drug-likeness (QED) is 0.636. The predicted molar refractivity (Wildman–Crippen MR) is 83.0 cm³/mol. The Kier molecular flexibility index (Phi) is 3.52. The molecule has 0 saturated heterocycles. The molecule has 0 aliphatic heterocycles. The first-order valence-corrected chi connectivity index (χ1v) is 8.31. The molecule has 3 heteroatoms. The van der Waals surface area contributed by atoms with E-state index in [-0.39, 0.29) is 10.6 Å². The molecule has 1 aromatic heterocycles. The van der Waals surface area contributed by atoms with Gasteiger partial charge in [-0.05, 0) is 73.6 Å². The number of fused-ring (bicyclic) bond motifs is 1. The lowest BCUT2D eigenvalue weighted by atomic mass is 9.99. The van der Waals surface area contributed by atoms with Crippen LogP contribution >= 0.6 is 27.3 Å². The second-order valence-corrected chi connectivity index (χ2v) is 7.35. The van der Waals surface area contributed by atoms with Gasteiger partial charge in [0.05, 0.1) is 4.83 Å². The molecule has 0 radical (unpaired) electrons. The lowest BCUT2D eigenvalue weighted by Crippen LogP contribution is -1.99. The summed E-state index contributed by atoms with van der Waals surface area (Å²) in [5.41, 5.74) is 4.77. The van der Waals surface area contributed by atoms with Crippen molar-refractivity contribution >= 4 is 27.3 Å². The summed E-state index contributed by atoms with van der Waals surface area (Å²) in [6.45, 7) is 3.97. The second-order valence-electron chi connectivity index (χ2n) is 5.27. The van der Waals surface area contributed by atoms with E-state index < -0.39 is 0 Å². The van der Waals surface area contributed by atoms with Crippen LogP contribution in [0.2, 0.25) is 0 Å². The van der Waals surface area contributed by atoms with Gasteiger partial charge in [0, 0.05) is 9.75 Å². The van der Waals surface area contributed by atoms with Crippen LogP contribution in [0.1, 0.15) is 43.3 Å². The summed E-state index contributed by atoms with van der Waals surface area (Å²) in [5, 5.41) is 0. The van der Waals surface area contributed by atoms with E-state index in [9.17, 15) is 4.39 Å². The minimum Gasteiger partial charge on any atom is -0.207 e. The van der Waals surface area contributed by atoms with Gasteiger partial charge in [0.1, 0.15) is 5.82 Å². The first-order valence-electron chi connectivity index (χ1n) is 6.58. The van der Waals surface area contributed by atoms with Crippen LogP contribution in [-0.2, 0) is 12.8 Å². The van der Waals surface area contributed by atoms with Gasteiger partial charge in [-0.2, -0.15) is 0 Å². The Morgan fingerprint density at radius 1 is 1.16 bits per heavy atom. The predicted octanol–water partition coefficient (Wildman–Crippen LogP) is 5.48. The first kappa shape index (κ1) is 13.3. The minimum atomic E-state index is -0.146. The van der Waals surface area contributed by atoms with E-state index in [1.807, 2.05) is 25.2 Å². The molecule has 0 amide bonds. The molecule has 1 heterocycles. The number of hydrogen-bond acceptors (Lipinski definition) is 1. The van der Waals surface area contributed by atoms with Crippen molar-refractivity contribution in [2.24, 2.45) is 0 Å². The fourth-order valence-electron chi connectivity index (χ4n) is 2.94. The van der Waals surface area contributed by atoms with E-state index in [2.05, 4.69) is 22.0 Å². The van der Waals surface area contributed by atoms with Gasteiger partial charge in [-0.1, -0.05) is 15.9 Å². The average molecular weight is 339 g/mol. The van der Waals surface area contributed by atoms with Gasteiger partial charge in [-0.25, -0.2) is 4.39 Å². The third-order valence-electron chi connectivity index (χ3n) is 3.83. The molecule has 1 atom stereocenters. The largest absolute Gasteiger partial charge is 0.207 e. The second kappa shape index (κ2) is 5.02. The summed E-state index contributed by atoms with van der Waals surface area (Å²) in [6, 6.07) is 5.57. The summed E-state index contributed by atoms with van der Waals surface area (Å²) in [7, 11) is 0. The Hall–Kier alpha value is -0.670. The van der Waals surface area contributed by atoms with E-state index in [1.54, 1.807) is 12.1 Å². The van der Waals surface area contributed by atoms with Crippen LogP contribution in [0.15, 0.2) is 18.2 Å². The van der Waals surface area contributed by atoms with Crippen LogP contribution in [0, 0.1) is 19.7 Å². The monoisotopic (exact) mass is 338 g/mol. The standard InChI is InChI=1S/C16H16BrFS/c1-9-6-12(18)7-10(2)15(9)16(17)14-8-11-4-3-5-13(11)19-14/h6-8,16H,3-5H2,1-2H3. The summed E-state index contributed by atoms with van der Waals surface area (Å²) in [4.78, 5) is 3.07. The highest BCUT2D eigenvalue weighted by molar-refractivity contribution is 9.09. The molecule has 1 unspecified atom stereocenters. The van der Waals surface area contributed by atoms with Gasteiger partial charge in [0.25, 0.3) is 0 Å². The van der Waals surface area contributed by atoms with E-state index >= 15 is 0 Å². The number of halogens is 2. The van der Waals surface area contributed by atoms with Gasteiger partial charge < -0.3 is 0 Å². The molecule has 0 saturated carbocycles. The van der Waals surface area contributed by atoms with Crippen molar-refractivity contribution in [2.45, 2.75) is 37.9 Å². The molecule has 100 valence electrons. The molecule has 0 N–H and O–H groups in total. The Balaban J connectivity index is 2.01. The molecule has 19 heavy (non-hydrogen) atoms. The number of hydrogen-bond donors (Lipinski definition) is 0. The molecule has 0 fully saturated rings. The highest BCUT2D eigenvalue weighted by Crippen LogP contribution is 2.42. The van der Waals surface area contributed by atoms with Crippen LogP contribution in [0.4, 0.5) is 4.39 Å². The van der Waals surface area contributed by atoms with Crippen LogP contribution in [0.5, 0.6) is 0 Å². The number of thiophene rings is 1.